The van der Waals surface area contributed by atoms with Crippen LogP contribution in [0.1, 0.15) is 64.7 Å². The first kappa shape index (κ1) is 20.3. The third kappa shape index (κ3) is 3.76. The number of nitrogens with one attached hydrogen (secondary N) is 1. The van der Waals surface area contributed by atoms with E-state index in [1.807, 2.05) is 0 Å². The Morgan fingerprint density at radius 3 is 2.25 bits per heavy atom. The van der Waals surface area contributed by atoms with E-state index in [0.29, 0.717) is 37.1 Å². The van der Waals surface area contributed by atoms with Crippen LogP contribution >= 0.6 is 11.6 Å². The Morgan fingerprint density at radius 1 is 1.07 bits per heavy atom. The molecule has 7 nitrogen and oxygen atoms in total. The Balaban J connectivity index is 1.68. The SMILES string of the molecule is CC(Cl)C(=O)NC1CCN(C(=O)c2ccc3c(c2)C(=O)N(C(C)C)C3=O)CC1. The molecule has 0 saturated carbocycles. The molecule has 1 fully saturated rings. The number of hydrogen-bond acceptors (Lipinski definition) is 4. The van der Waals surface area contributed by atoms with Crippen molar-refractivity contribution in [3.63, 3.8) is 0 Å². The van der Waals surface area contributed by atoms with Crippen molar-refractivity contribution >= 4 is 35.2 Å². The molecule has 0 spiro atoms. The number of carbonyl (C=O) groups is 4. The lowest BCUT2D eigenvalue weighted by Crippen LogP contribution is -2.47. The highest BCUT2D eigenvalue weighted by Crippen LogP contribution is 2.26. The van der Waals surface area contributed by atoms with Gasteiger partial charge in [0.15, 0.2) is 0 Å². The van der Waals surface area contributed by atoms with E-state index in [1.165, 1.54) is 11.0 Å². The smallest absolute Gasteiger partial charge is 0.261 e. The first-order valence-electron chi connectivity index (χ1n) is 9.46. The Morgan fingerprint density at radius 2 is 1.68 bits per heavy atom. The zero-order valence-corrected chi connectivity index (χ0v) is 17.0. The second kappa shape index (κ2) is 7.91. The average Bonchev–Trinajstić information content (AvgIpc) is 2.91. The van der Waals surface area contributed by atoms with Gasteiger partial charge in [0.05, 0.1) is 11.1 Å². The van der Waals surface area contributed by atoms with Crippen LogP contribution in [0.25, 0.3) is 0 Å². The van der Waals surface area contributed by atoms with Crippen molar-refractivity contribution in [2.75, 3.05) is 13.1 Å². The molecular formula is C20H24ClN3O4. The summed E-state index contributed by atoms with van der Waals surface area (Å²) in [6.45, 7) is 6.18. The number of piperidine rings is 1. The largest absolute Gasteiger partial charge is 0.352 e. The lowest BCUT2D eigenvalue weighted by molar-refractivity contribution is -0.121. The Bertz CT molecular complexity index is 829. The van der Waals surface area contributed by atoms with Crippen LogP contribution in [0.2, 0.25) is 0 Å². The fraction of sp³-hybridized carbons (Fsp3) is 0.500. The molecule has 1 unspecified atom stereocenters. The number of fused-ring (bicyclic) bond motifs is 1. The van der Waals surface area contributed by atoms with E-state index in [1.54, 1.807) is 37.8 Å². The molecule has 0 bridgehead atoms. The van der Waals surface area contributed by atoms with E-state index < -0.39 is 5.38 Å². The van der Waals surface area contributed by atoms with Gasteiger partial charge in [-0.1, -0.05) is 0 Å². The maximum Gasteiger partial charge on any atom is 0.261 e. The second-order valence-corrected chi connectivity index (χ2v) is 8.18. The van der Waals surface area contributed by atoms with Crippen molar-refractivity contribution in [3.05, 3.63) is 34.9 Å². The monoisotopic (exact) mass is 405 g/mol. The molecule has 1 N–H and O–H groups in total. The topological polar surface area (TPSA) is 86.8 Å². The van der Waals surface area contributed by atoms with Gasteiger partial charge in [-0.2, -0.15) is 0 Å². The average molecular weight is 406 g/mol. The molecule has 0 aromatic heterocycles. The molecule has 8 heteroatoms. The molecule has 1 saturated heterocycles. The highest BCUT2D eigenvalue weighted by molar-refractivity contribution is 6.30. The lowest BCUT2D eigenvalue weighted by Gasteiger charge is -2.32. The number of carbonyl (C=O) groups excluding carboxylic acids is 4. The number of rotatable bonds is 4. The number of hydrogen-bond donors (Lipinski definition) is 1. The summed E-state index contributed by atoms with van der Waals surface area (Å²) >= 11 is 5.77. The molecule has 2 aliphatic rings. The summed E-state index contributed by atoms with van der Waals surface area (Å²) in [5.74, 6) is -1.06. The van der Waals surface area contributed by atoms with Crippen LogP contribution < -0.4 is 5.32 Å². The van der Waals surface area contributed by atoms with E-state index >= 15 is 0 Å². The maximum atomic E-state index is 12.8. The van der Waals surface area contributed by atoms with Crippen molar-refractivity contribution in [2.24, 2.45) is 0 Å². The zero-order valence-electron chi connectivity index (χ0n) is 16.2. The highest BCUT2D eigenvalue weighted by atomic mass is 35.5. The van der Waals surface area contributed by atoms with Gasteiger partial charge in [-0.25, -0.2) is 0 Å². The van der Waals surface area contributed by atoms with Crippen LogP contribution in [-0.2, 0) is 4.79 Å². The van der Waals surface area contributed by atoms with Gasteiger partial charge in [0, 0.05) is 30.7 Å². The minimum Gasteiger partial charge on any atom is -0.352 e. The molecule has 1 atom stereocenters. The van der Waals surface area contributed by atoms with Crippen LogP contribution in [0.3, 0.4) is 0 Å². The summed E-state index contributed by atoms with van der Waals surface area (Å²) in [5.41, 5.74) is 1.01. The van der Waals surface area contributed by atoms with Gasteiger partial charge in [0.25, 0.3) is 17.7 Å². The van der Waals surface area contributed by atoms with E-state index in [9.17, 15) is 19.2 Å². The van der Waals surface area contributed by atoms with Gasteiger partial charge in [0.1, 0.15) is 5.38 Å². The molecule has 1 aromatic rings. The van der Waals surface area contributed by atoms with Crippen LogP contribution in [0.4, 0.5) is 0 Å². The number of likely N-dealkylation sites (tertiary alicyclic amines) is 1. The molecule has 1 aromatic carbocycles. The van der Waals surface area contributed by atoms with Gasteiger partial charge in [-0.15, -0.1) is 11.6 Å². The number of halogens is 1. The molecule has 2 aliphatic heterocycles. The van der Waals surface area contributed by atoms with Gasteiger partial charge in [0.2, 0.25) is 5.91 Å². The molecule has 0 radical (unpaired) electrons. The second-order valence-electron chi connectivity index (χ2n) is 7.53. The predicted molar refractivity (Wildman–Crippen MR) is 104 cm³/mol. The summed E-state index contributed by atoms with van der Waals surface area (Å²) in [5, 5.41) is 2.29. The Kier molecular flexibility index (Phi) is 5.74. The van der Waals surface area contributed by atoms with Crippen LogP contribution in [0.5, 0.6) is 0 Å². The van der Waals surface area contributed by atoms with Gasteiger partial charge < -0.3 is 10.2 Å². The van der Waals surface area contributed by atoms with Crippen LogP contribution in [-0.4, -0.2) is 64.0 Å². The molecule has 2 heterocycles. The van der Waals surface area contributed by atoms with Crippen molar-refractivity contribution in [2.45, 2.75) is 51.1 Å². The minimum absolute atomic E-state index is 0.00318. The molecule has 4 amide bonds. The van der Waals surface area contributed by atoms with E-state index in [-0.39, 0.29) is 41.3 Å². The number of alkyl halides is 1. The first-order valence-corrected chi connectivity index (χ1v) is 9.90. The summed E-state index contributed by atoms with van der Waals surface area (Å²) in [4.78, 5) is 52.4. The summed E-state index contributed by atoms with van der Waals surface area (Å²) in [6.07, 6.45) is 1.29. The fourth-order valence-electron chi connectivity index (χ4n) is 3.59. The van der Waals surface area contributed by atoms with Crippen molar-refractivity contribution in [1.82, 2.24) is 15.1 Å². The summed E-state index contributed by atoms with van der Waals surface area (Å²) in [7, 11) is 0. The molecule has 0 aliphatic carbocycles. The van der Waals surface area contributed by atoms with Crippen molar-refractivity contribution < 1.29 is 19.2 Å². The third-order valence-corrected chi connectivity index (χ3v) is 5.37. The molecule has 150 valence electrons. The van der Waals surface area contributed by atoms with Gasteiger partial charge in [-0.05, 0) is 51.8 Å². The standard InChI is InChI=1S/C20H24ClN3O4/c1-11(2)24-19(27)15-5-4-13(10-16(15)20(24)28)18(26)23-8-6-14(7-9-23)22-17(25)12(3)21/h4-5,10-12,14H,6-9H2,1-3H3,(H,22,25). The van der Waals surface area contributed by atoms with Crippen LogP contribution in [0.15, 0.2) is 18.2 Å². The molecule has 3 rings (SSSR count). The molecular weight excluding hydrogens is 382 g/mol. The normalized spacial score (nSPS) is 18.5. The fourth-order valence-corrected chi connectivity index (χ4v) is 3.65. The summed E-state index contributed by atoms with van der Waals surface area (Å²) in [6, 6.07) is 4.43. The minimum atomic E-state index is -0.586. The lowest BCUT2D eigenvalue weighted by atomic mass is 10.0. The Hall–Kier alpha value is -2.41. The third-order valence-electron chi connectivity index (χ3n) is 5.17. The number of nitrogens with zero attached hydrogens (tertiary/aromatic N) is 2. The number of imide groups is 1. The first-order chi connectivity index (χ1) is 13.2. The highest BCUT2D eigenvalue weighted by Gasteiger charge is 2.38. The van der Waals surface area contributed by atoms with Crippen molar-refractivity contribution in [1.29, 1.82) is 0 Å². The Labute approximate surface area is 169 Å². The maximum absolute atomic E-state index is 12.8. The van der Waals surface area contributed by atoms with E-state index in [2.05, 4.69) is 5.32 Å². The predicted octanol–water partition coefficient (Wildman–Crippen LogP) is 2.04. The van der Waals surface area contributed by atoms with Gasteiger partial charge in [-0.3, -0.25) is 24.1 Å². The number of benzene rings is 1. The van der Waals surface area contributed by atoms with Crippen LogP contribution in [0, 0.1) is 0 Å². The van der Waals surface area contributed by atoms with Gasteiger partial charge >= 0.3 is 0 Å². The molecule has 28 heavy (non-hydrogen) atoms. The number of amides is 4. The van der Waals surface area contributed by atoms with Crippen molar-refractivity contribution in [3.8, 4) is 0 Å². The quantitative estimate of drug-likeness (QED) is 0.613. The van der Waals surface area contributed by atoms with E-state index in [0.717, 1.165) is 0 Å². The van der Waals surface area contributed by atoms with E-state index in [4.69, 9.17) is 11.6 Å². The zero-order chi connectivity index (χ0) is 20.6. The summed E-state index contributed by atoms with van der Waals surface area (Å²) < 4.78 is 0.